The molecule has 0 saturated carbocycles. The summed E-state index contributed by atoms with van der Waals surface area (Å²) >= 11 is 0. The Morgan fingerprint density at radius 2 is 2.00 bits per heavy atom. The number of ether oxygens (including phenoxy) is 1. The fraction of sp³-hybridized carbons (Fsp3) is 0.294. The number of hydrogen-bond acceptors (Lipinski definition) is 6. The van der Waals surface area contributed by atoms with Gasteiger partial charge in [-0.15, -0.1) is 0 Å². The Morgan fingerprint density at radius 1 is 1.20 bits per heavy atom. The molecular weight excluding hydrogens is 340 g/mol. The lowest BCUT2D eigenvalue weighted by atomic mass is 10.1. The number of aromatic nitrogens is 3. The first-order chi connectivity index (χ1) is 12.0. The molecule has 1 aliphatic heterocycles. The first kappa shape index (κ1) is 16.0. The van der Waals surface area contributed by atoms with Gasteiger partial charge in [0.2, 0.25) is 0 Å². The average Bonchev–Trinajstić information content (AvgIpc) is 3.06. The monoisotopic (exact) mass is 358 g/mol. The van der Waals surface area contributed by atoms with Gasteiger partial charge in [-0.25, -0.2) is 18.4 Å². The molecule has 4 rings (SSSR count). The predicted molar refractivity (Wildman–Crippen MR) is 95.5 cm³/mol. The first-order valence-electron chi connectivity index (χ1n) is 7.99. The Morgan fingerprint density at radius 3 is 2.76 bits per heavy atom. The summed E-state index contributed by atoms with van der Waals surface area (Å²) in [5.41, 5.74) is 2.44. The molecule has 3 heterocycles. The van der Waals surface area contributed by atoms with E-state index in [4.69, 9.17) is 4.74 Å². The number of benzene rings is 1. The third-order valence-corrected chi connectivity index (χ3v) is 5.44. The molecule has 1 N–H and O–H groups in total. The second kappa shape index (κ2) is 6.12. The molecule has 1 fully saturated rings. The molecule has 0 amide bonds. The Bertz CT molecular complexity index is 1020. The molecule has 0 unspecified atom stereocenters. The lowest BCUT2D eigenvalue weighted by molar-refractivity contribution is 0.122. The maximum absolute atomic E-state index is 11.9. The van der Waals surface area contributed by atoms with Crippen LogP contribution in [0.15, 0.2) is 41.7 Å². The fourth-order valence-corrected chi connectivity index (χ4v) is 3.75. The van der Waals surface area contributed by atoms with Crippen LogP contribution < -0.4 is 4.90 Å². The molecule has 25 heavy (non-hydrogen) atoms. The molecule has 3 aromatic rings. The van der Waals surface area contributed by atoms with Crippen LogP contribution >= 0.6 is 0 Å². The first-order valence-corrected chi connectivity index (χ1v) is 9.88. The standard InChI is InChI=1S/C17H18N4O3S/c1-25(22,23)13-4-2-3-12(9-13)14-10-18-16-15(14)17(20-11-19-16)21-5-7-24-8-6-21/h2-4,9-11H,5-8H2,1H3,(H,18,19,20). The van der Waals surface area contributed by atoms with E-state index in [1.54, 1.807) is 24.5 Å². The van der Waals surface area contributed by atoms with Crippen LogP contribution in [-0.2, 0) is 14.6 Å². The smallest absolute Gasteiger partial charge is 0.175 e. The van der Waals surface area contributed by atoms with Crippen molar-refractivity contribution < 1.29 is 13.2 Å². The molecule has 0 bridgehead atoms. The van der Waals surface area contributed by atoms with Crippen molar-refractivity contribution >= 4 is 26.7 Å². The molecule has 0 spiro atoms. The molecule has 2 aromatic heterocycles. The highest BCUT2D eigenvalue weighted by Crippen LogP contribution is 2.34. The lowest BCUT2D eigenvalue weighted by Gasteiger charge is -2.28. The molecule has 1 aliphatic rings. The Hall–Kier alpha value is -2.45. The zero-order valence-electron chi connectivity index (χ0n) is 13.8. The minimum Gasteiger partial charge on any atom is -0.378 e. The number of hydrogen-bond donors (Lipinski definition) is 1. The van der Waals surface area contributed by atoms with Gasteiger partial charge in [-0.1, -0.05) is 12.1 Å². The van der Waals surface area contributed by atoms with Gasteiger partial charge in [-0.05, 0) is 17.7 Å². The molecule has 7 nitrogen and oxygen atoms in total. The van der Waals surface area contributed by atoms with Gasteiger partial charge in [0, 0.05) is 31.1 Å². The SMILES string of the molecule is CS(=O)(=O)c1cccc(-c2c[nH]c3ncnc(N4CCOCC4)c23)c1. The molecule has 0 atom stereocenters. The van der Waals surface area contributed by atoms with Crippen molar-refractivity contribution in [3.63, 3.8) is 0 Å². The van der Waals surface area contributed by atoms with Gasteiger partial charge < -0.3 is 14.6 Å². The summed E-state index contributed by atoms with van der Waals surface area (Å²) in [7, 11) is -3.27. The Kier molecular flexibility index (Phi) is 3.93. The van der Waals surface area contributed by atoms with E-state index in [9.17, 15) is 8.42 Å². The normalized spacial score (nSPS) is 15.6. The Balaban J connectivity index is 1.88. The number of rotatable bonds is 3. The zero-order chi connectivity index (χ0) is 17.4. The molecule has 1 saturated heterocycles. The van der Waals surface area contributed by atoms with Gasteiger partial charge in [0.05, 0.1) is 23.5 Å². The maximum atomic E-state index is 11.9. The third-order valence-electron chi connectivity index (χ3n) is 4.33. The summed E-state index contributed by atoms with van der Waals surface area (Å²) in [4.78, 5) is 14.4. The number of aromatic amines is 1. The van der Waals surface area contributed by atoms with Gasteiger partial charge in [0.25, 0.3) is 0 Å². The number of H-pyrrole nitrogens is 1. The van der Waals surface area contributed by atoms with Crippen LogP contribution in [-0.4, -0.2) is 55.9 Å². The van der Waals surface area contributed by atoms with E-state index < -0.39 is 9.84 Å². The van der Waals surface area contributed by atoms with Gasteiger partial charge in [0.15, 0.2) is 9.84 Å². The van der Waals surface area contributed by atoms with Crippen molar-refractivity contribution in [2.24, 2.45) is 0 Å². The summed E-state index contributed by atoms with van der Waals surface area (Å²) < 4.78 is 29.2. The van der Waals surface area contributed by atoms with E-state index in [0.717, 1.165) is 41.1 Å². The summed E-state index contributed by atoms with van der Waals surface area (Å²) in [6.45, 7) is 2.85. The molecule has 0 aliphatic carbocycles. The molecule has 8 heteroatoms. The minimum absolute atomic E-state index is 0.295. The number of sulfone groups is 1. The van der Waals surface area contributed by atoms with Crippen molar-refractivity contribution in [1.82, 2.24) is 15.0 Å². The van der Waals surface area contributed by atoms with Crippen LogP contribution in [0.5, 0.6) is 0 Å². The van der Waals surface area contributed by atoms with E-state index in [2.05, 4.69) is 19.9 Å². The van der Waals surface area contributed by atoms with Crippen LogP contribution in [0.25, 0.3) is 22.2 Å². The lowest BCUT2D eigenvalue weighted by Crippen LogP contribution is -2.36. The minimum atomic E-state index is -3.27. The van der Waals surface area contributed by atoms with E-state index in [-0.39, 0.29) is 0 Å². The highest BCUT2D eigenvalue weighted by atomic mass is 32.2. The second-order valence-electron chi connectivity index (χ2n) is 6.02. The quantitative estimate of drug-likeness (QED) is 0.769. The number of morpholine rings is 1. The average molecular weight is 358 g/mol. The topological polar surface area (TPSA) is 88.2 Å². The van der Waals surface area contributed by atoms with Crippen molar-refractivity contribution in [2.45, 2.75) is 4.90 Å². The molecule has 130 valence electrons. The maximum Gasteiger partial charge on any atom is 0.175 e. The van der Waals surface area contributed by atoms with Crippen LogP contribution in [0.1, 0.15) is 0 Å². The van der Waals surface area contributed by atoms with Gasteiger partial charge >= 0.3 is 0 Å². The summed E-state index contributed by atoms with van der Waals surface area (Å²) in [5.74, 6) is 0.842. The second-order valence-corrected chi connectivity index (χ2v) is 8.04. The van der Waals surface area contributed by atoms with E-state index in [0.29, 0.717) is 18.1 Å². The highest BCUT2D eigenvalue weighted by Gasteiger charge is 2.20. The van der Waals surface area contributed by atoms with E-state index in [1.165, 1.54) is 6.26 Å². The highest BCUT2D eigenvalue weighted by molar-refractivity contribution is 7.90. The summed E-state index contributed by atoms with van der Waals surface area (Å²) in [6, 6.07) is 6.94. The largest absolute Gasteiger partial charge is 0.378 e. The van der Waals surface area contributed by atoms with Gasteiger partial charge in [-0.2, -0.15) is 0 Å². The number of nitrogens with zero attached hydrogens (tertiary/aromatic N) is 3. The van der Waals surface area contributed by atoms with E-state index in [1.807, 2.05) is 12.3 Å². The third kappa shape index (κ3) is 2.98. The zero-order valence-corrected chi connectivity index (χ0v) is 14.6. The van der Waals surface area contributed by atoms with Crippen LogP contribution in [0, 0.1) is 0 Å². The van der Waals surface area contributed by atoms with Crippen LogP contribution in [0.3, 0.4) is 0 Å². The van der Waals surface area contributed by atoms with Crippen LogP contribution in [0.2, 0.25) is 0 Å². The number of nitrogens with one attached hydrogen (secondary N) is 1. The van der Waals surface area contributed by atoms with Crippen molar-refractivity contribution in [2.75, 3.05) is 37.5 Å². The van der Waals surface area contributed by atoms with E-state index >= 15 is 0 Å². The van der Waals surface area contributed by atoms with Crippen molar-refractivity contribution in [3.8, 4) is 11.1 Å². The summed E-state index contributed by atoms with van der Waals surface area (Å²) in [6.07, 6.45) is 4.61. The summed E-state index contributed by atoms with van der Waals surface area (Å²) in [5, 5.41) is 0.898. The predicted octanol–water partition coefficient (Wildman–Crippen LogP) is 1.86. The number of fused-ring (bicyclic) bond motifs is 1. The van der Waals surface area contributed by atoms with Gasteiger partial charge in [-0.3, -0.25) is 0 Å². The molecule has 1 aromatic carbocycles. The van der Waals surface area contributed by atoms with Crippen molar-refractivity contribution in [3.05, 3.63) is 36.8 Å². The number of anilines is 1. The fourth-order valence-electron chi connectivity index (χ4n) is 3.08. The molecule has 0 radical (unpaired) electrons. The van der Waals surface area contributed by atoms with Gasteiger partial charge in [0.1, 0.15) is 17.8 Å². The van der Waals surface area contributed by atoms with Crippen molar-refractivity contribution in [1.29, 1.82) is 0 Å². The molecular formula is C17H18N4O3S. The Labute approximate surface area is 145 Å². The van der Waals surface area contributed by atoms with Crippen LogP contribution in [0.4, 0.5) is 5.82 Å².